The average Bonchev–Trinajstić information content (AvgIpc) is 3.24. The fourth-order valence-corrected chi connectivity index (χ4v) is 3.75. The summed E-state index contributed by atoms with van der Waals surface area (Å²) < 4.78 is 15.7. The zero-order valence-corrected chi connectivity index (χ0v) is 16.7. The number of nitro benzene ring substituents is 1. The Bertz CT molecular complexity index is 939. The van der Waals surface area contributed by atoms with Gasteiger partial charge in [-0.05, 0) is 36.8 Å². The molecule has 2 aliphatic rings. The quantitative estimate of drug-likeness (QED) is 0.531. The molecule has 1 saturated heterocycles. The monoisotopic (exact) mass is 413 g/mol. The third-order valence-electron chi connectivity index (χ3n) is 5.45. The Morgan fingerprint density at radius 1 is 1.10 bits per heavy atom. The molecule has 1 fully saturated rings. The van der Waals surface area contributed by atoms with Crippen molar-refractivity contribution in [2.75, 3.05) is 45.0 Å². The molecule has 0 N–H and O–H groups in total. The zero-order valence-electron chi connectivity index (χ0n) is 16.7. The highest BCUT2D eigenvalue weighted by molar-refractivity contribution is 5.77. The molecule has 30 heavy (non-hydrogen) atoms. The number of anilines is 1. The Kier molecular flexibility index (Phi) is 5.60. The highest BCUT2D eigenvalue weighted by Crippen LogP contribution is 2.38. The third kappa shape index (κ3) is 4.10. The minimum absolute atomic E-state index is 0.00338. The van der Waals surface area contributed by atoms with Gasteiger partial charge in [-0.25, -0.2) is 0 Å². The zero-order chi connectivity index (χ0) is 21.1. The van der Waals surface area contributed by atoms with Crippen LogP contribution in [0, 0.1) is 10.1 Å². The Morgan fingerprint density at radius 2 is 1.77 bits per heavy atom. The number of fused-ring (bicyclic) bond motifs is 1. The summed E-state index contributed by atoms with van der Waals surface area (Å²) >= 11 is 0. The van der Waals surface area contributed by atoms with Crippen molar-refractivity contribution < 1.29 is 23.9 Å². The summed E-state index contributed by atoms with van der Waals surface area (Å²) in [4.78, 5) is 27.7. The van der Waals surface area contributed by atoms with E-state index in [0.717, 1.165) is 24.5 Å². The second-order valence-corrected chi connectivity index (χ2v) is 7.16. The summed E-state index contributed by atoms with van der Waals surface area (Å²) in [5, 5.41) is 11.4. The first kappa shape index (κ1) is 19.8. The van der Waals surface area contributed by atoms with Gasteiger partial charge in [0.2, 0.25) is 12.7 Å². The van der Waals surface area contributed by atoms with E-state index in [4.69, 9.17) is 14.2 Å². The van der Waals surface area contributed by atoms with Crippen LogP contribution in [-0.2, 0) is 11.2 Å². The Hall–Kier alpha value is -3.49. The van der Waals surface area contributed by atoms with Crippen molar-refractivity contribution in [3.63, 3.8) is 0 Å². The highest BCUT2D eigenvalue weighted by Gasteiger charge is 2.25. The number of nitro groups is 1. The van der Waals surface area contributed by atoms with E-state index in [9.17, 15) is 14.9 Å². The van der Waals surface area contributed by atoms with Crippen molar-refractivity contribution in [1.82, 2.24) is 4.90 Å². The van der Waals surface area contributed by atoms with E-state index in [0.29, 0.717) is 30.2 Å². The maximum atomic E-state index is 12.7. The van der Waals surface area contributed by atoms with E-state index in [1.807, 2.05) is 29.2 Å². The van der Waals surface area contributed by atoms with E-state index in [2.05, 4.69) is 4.90 Å². The third-order valence-corrected chi connectivity index (χ3v) is 5.45. The van der Waals surface area contributed by atoms with Crippen LogP contribution in [0.25, 0.3) is 0 Å². The lowest BCUT2D eigenvalue weighted by molar-refractivity contribution is -0.385. The molecule has 0 spiro atoms. The van der Waals surface area contributed by atoms with Crippen molar-refractivity contribution in [2.45, 2.75) is 12.8 Å². The van der Waals surface area contributed by atoms with Crippen LogP contribution in [0.5, 0.6) is 17.2 Å². The molecule has 0 radical (unpaired) electrons. The van der Waals surface area contributed by atoms with Gasteiger partial charge in [0, 0.05) is 43.9 Å². The first-order valence-corrected chi connectivity index (χ1v) is 9.79. The summed E-state index contributed by atoms with van der Waals surface area (Å²) in [7, 11) is 1.64. The van der Waals surface area contributed by atoms with Gasteiger partial charge in [0.05, 0.1) is 18.1 Å². The molecule has 158 valence electrons. The van der Waals surface area contributed by atoms with Crippen molar-refractivity contribution in [1.29, 1.82) is 0 Å². The number of piperazine rings is 1. The predicted molar refractivity (Wildman–Crippen MR) is 109 cm³/mol. The number of methoxy groups -OCH3 is 1. The first-order chi connectivity index (χ1) is 14.5. The van der Waals surface area contributed by atoms with E-state index >= 15 is 0 Å². The molecular formula is C21H23N3O6. The van der Waals surface area contributed by atoms with E-state index in [1.165, 1.54) is 6.07 Å². The number of nitrogens with zero attached hydrogens (tertiary/aromatic N) is 3. The summed E-state index contributed by atoms with van der Waals surface area (Å²) in [5.41, 5.74) is 1.53. The lowest BCUT2D eigenvalue weighted by Crippen LogP contribution is -2.48. The van der Waals surface area contributed by atoms with E-state index in [1.54, 1.807) is 13.2 Å². The van der Waals surface area contributed by atoms with E-state index in [-0.39, 0.29) is 31.2 Å². The fraction of sp³-hybridized carbons (Fsp3) is 0.381. The van der Waals surface area contributed by atoms with Gasteiger partial charge in [0.25, 0.3) is 5.69 Å². The minimum Gasteiger partial charge on any atom is -0.497 e. The lowest BCUT2D eigenvalue weighted by atomic mass is 10.1. The first-order valence-electron chi connectivity index (χ1n) is 9.79. The van der Waals surface area contributed by atoms with Crippen molar-refractivity contribution in [2.24, 2.45) is 0 Å². The molecule has 4 rings (SSSR count). The molecule has 0 unspecified atom stereocenters. The average molecular weight is 413 g/mol. The normalized spacial score (nSPS) is 15.2. The minimum atomic E-state index is -0.449. The standard InChI is InChI=1S/C21H23N3O6/c1-28-17-5-3-16(4-6-17)22-8-10-23(11-9-22)21(25)7-2-15-12-19-20(30-14-29-19)13-18(15)24(26)27/h3-6,12-13H,2,7-11,14H2,1H3. The van der Waals surface area contributed by atoms with Gasteiger partial charge >= 0.3 is 0 Å². The van der Waals surface area contributed by atoms with Crippen LogP contribution in [0.15, 0.2) is 36.4 Å². The molecule has 9 nitrogen and oxygen atoms in total. The molecule has 9 heteroatoms. The number of hydrogen-bond donors (Lipinski definition) is 0. The second-order valence-electron chi connectivity index (χ2n) is 7.16. The molecule has 0 atom stereocenters. The largest absolute Gasteiger partial charge is 0.497 e. The maximum absolute atomic E-state index is 12.7. The molecular weight excluding hydrogens is 390 g/mol. The number of hydrogen-bond acceptors (Lipinski definition) is 7. The molecule has 2 aliphatic heterocycles. The molecule has 2 aromatic carbocycles. The van der Waals surface area contributed by atoms with Gasteiger partial charge in [0.1, 0.15) is 5.75 Å². The molecule has 0 aliphatic carbocycles. The summed E-state index contributed by atoms with van der Waals surface area (Å²) in [6, 6.07) is 10.8. The van der Waals surface area contributed by atoms with Crippen LogP contribution < -0.4 is 19.1 Å². The van der Waals surface area contributed by atoms with Crippen LogP contribution in [-0.4, -0.2) is 55.8 Å². The van der Waals surface area contributed by atoms with Gasteiger partial charge in [0.15, 0.2) is 11.5 Å². The number of carbonyl (C=O) groups is 1. The number of amides is 1. The van der Waals surface area contributed by atoms with Crippen LogP contribution in [0.4, 0.5) is 11.4 Å². The Morgan fingerprint density at radius 3 is 2.40 bits per heavy atom. The van der Waals surface area contributed by atoms with Crippen molar-refractivity contribution >= 4 is 17.3 Å². The van der Waals surface area contributed by atoms with Gasteiger partial charge in [-0.2, -0.15) is 0 Å². The van der Waals surface area contributed by atoms with Gasteiger partial charge in [-0.1, -0.05) is 0 Å². The number of benzene rings is 2. The molecule has 2 aromatic rings. The Labute approximate surface area is 173 Å². The second kappa shape index (κ2) is 8.48. The van der Waals surface area contributed by atoms with Gasteiger partial charge < -0.3 is 24.0 Å². The smallest absolute Gasteiger partial charge is 0.276 e. The highest BCUT2D eigenvalue weighted by atomic mass is 16.7. The number of rotatable bonds is 6. The summed E-state index contributed by atoms with van der Waals surface area (Å²) in [6.07, 6.45) is 0.494. The molecule has 2 heterocycles. The van der Waals surface area contributed by atoms with Crippen molar-refractivity contribution in [3.8, 4) is 17.2 Å². The van der Waals surface area contributed by atoms with E-state index < -0.39 is 4.92 Å². The van der Waals surface area contributed by atoms with Crippen LogP contribution >= 0.6 is 0 Å². The van der Waals surface area contributed by atoms with Crippen molar-refractivity contribution in [3.05, 3.63) is 52.1 Å². The van der Waals surface area contributed by atoms with Crippen LogP contribution in [0.3, 0.4) is 0 Å². The summed E-state index contributed by atoms with van der Waals surface area (Å²) in [5.74, 6) is 1.66. The van der Waals surface area contributed by atoms with Crippen LogP contribution in [0.2, 0.25) is 0 Å². The Balaban J connectivity index is 1.34. The number of aryl methyl sites for hydroxylation is 1. The lowest BCUT2D eigenvalue weighted by Gasteiger charge is -2.36. The van der Waals surface area contributed by atoms with Crippen LogP contribution in [0.1, 0.15) is 12.0 Å². The number of carbonyl (C=O) groups excluding carboxylic acids is 1. The number of ether oxygens (including phenoxy) is 3. The summed E-state index contributed by atoms with van der Waals surface area (Å²) in [6.45, 7) is 2.76. The molecule has 0 bridgehead atoms. The van der Waals surface area contributed by atoms with Gasteiger partial charge in [-0.15, -0.1) is 0 Å². The molecule has 1 amide bonds. The molecule has 0 saturated carbocycles. The van der Waals surface area contributed by atoms with Gasteiger partial charge in [-0.3, -0.25) is 14.9 Å². The fourth-order valence-electron chi connectivity index (χ4n) is 3.75. The maximum Gasteiger partial charge on any atom is 0.276 e. The predicted octanol–water partition coefficient (Wildman–Crippen LogP) is 2.61. The SMILES string of the molecule is COc1ccc(N2CCN(C(=O)CCc3cc4c(cc3[N+](=O)[O-])OCO4)CC2)cc1. The topological polar surface area (TPSA) is 94.4 Å². The molecule has 0 aromatic heterocycles.